The molecule has 0 amide bonds. The fraction of sp³-hybridized carbons (Fsp3) is 0. The molecular weight excluding hydrogens is 246 g/mol. The Morgan fingerprint density at radius 2 is 1.50 bits per heavy atom. The highest BCUT2D eigenvalue weighted by atomic mass is 16.3. The van der Waals surface area contributed by atoms with Crippen molar-refractivity contribution in [2.75, 3.05) is 0 Å². The number of hydrogen-bond donors (Lipinski definition) is 1. The summed E-state index contributed by atoms with van der Waals surface area (Å²) < 4.78 is 87.1. The molecule has 2 heterocycles. The van der Waals surface area contributed by atoms with Crippen LogP contribution in [0.2, 0.25) is 0 Å². The van der Waals surface area contributed by atoms with Crippen molar-refractivity contribution in [1.82, 2.24) is 4.98 Å². The van der Waals surface area contributed by atoms with Crippen LogP contribution in [-0.2, 0) is 0 Å². The minimum atomic E-state index is -0.491. The predicted octanol–water partition coefficient (Wildman–Crippen LogP) is 5.22. The average Bonchev–Trinajstić information content (AvgIpc) is 3.32. The van der Waals surface area contributed by atoms with E-state index in [9.17, 15) is 0 Å². The zero-order chi connectivity index (χ0) is 21.8. The number of furan rings is 1. The van der Waals surface area contributed by atoms with Gasteiger partial charge in [0, 0.05) is 32.6 Å². The first kappa shape index (κ1) is 4.67. The van der Waals surface area contributed by atoms with Crippen LogP contribution in [0.4, 0.5) is 0 Å². The monoisotopic (exact) mass is 267 g/mol. The lowest BCUT2D eigenvalue weighted by atomic mass is 10.1. The van der Waals surface area contributed by atoms with Gasteiger partial charge in [-0.25, -0.2) is 0 Å². The van der Waals surface area contributed by atoms with Crippen molar-refractivity contribution in [3.63, 3.8) is 0 Å². The van der Waals surface area contributed by atoms with Crippen LogP contribution in [0.3, 0.4) is 0 Å². The predicted molar refractivity (Wildman–Crippen MR) is 83.1 cm³/mol. The normalized spacial score (nSPS) is 19.0. The maximum atomic E-state index is 8.66. The van der Waals surface area contributed by atoms with Gasteiger partial charge in [0.15, 0.2) is 0 Å². The summed E-state index contributed by atoms with van der Waals surface area (Å²) in [4.78, 5) is 2.82. The standard InChI is InChI=1S/C18H11NO/c1-3-7-15-11(5-1)13-10-18-14(9-16(13)19-15)12-6-2-4-8-17(12)20-18/h1-10,19H/i1D,2D,3D,4D,5D,6D,7D,8D,9D,10D. The number of aromatic nitrogens is 1. The number of rotatable bonds is 0. The summed E-state index contributed by atoms with van der Waals surface area (Å²) in [5.41, 5.74) is -0.179. The number of para-hydroxylation sites is 2. The second-order valence-corrected chi connectivity index (χ2v) is 4.39. The highest BCUT2D eigenvalue weighted by molar-refractivity contribution is 6.15. The molecule has 20 heavy (non-hydrogen) atoms. The van der Waals surface area contributed by atoms with Gasteiger partial charge in [-0.05, 0) is 24.2 Å². The third-order valence-corrected chi connectivity index (χ3v) is 3.26. The minimum Gasteiger partial charge on any atom is -0.456 e. The van der Waals surface area contributed by atoms with E-state index in [1.54, 1.807) is 0 Å². The lowest BCUT2D eigenvalue weighted by Crippen LogP contribution is -1.69. The maximum Gasteiger partial charge on any atom is 0.136 e. The van der Waals surface area contributed by atoms with Gasteiger partial charge in [0.05, 0.1) is 13.7 Å². The topological polar surface area (TPSA) is 28.9 Å². The van der Waals surface area contributed by atoms with Gasteiger partial charge in [0.25, 0.3) is 0 Å². The quantitative estimate of drug-likeness (QED) is 0.409. The smallest absolute Gasteiger partial charge is 0.136 e. The van der Waals surface area contributed by atoms with Crippen LogP contribution in [0.1, 0.15) is 13.7 Å². The molecule has 0 bridgehead atoms. The number of aromatic amines is 1. The van der Waals surface area contributed by atoms with Crippen molar-refractivity contribution in [2.24, 2.45) is 0 Å². The molecule has 0 unspecified atom stereocenters. The van der Waals surface area contributed by atoms with Gasteiger partial charge in [-0.1, -0.05) is 36.3 Å². The molecular formula is C18H11NO. The fourth-order valence-corrected chi connectivity index (χ4v) is 2.39. The van der Waals surface area contributed by atoms with Gasteiger partial charge in [-0.2, -0.15) is 0 Å². The summed E-state index contributed by atoms with van der Waals surface area (Å²) >= 11 is 0. The molecule has 0 spiro atoms. The van der Waals surface area contributed by atoms with Gasteiger partial charge in [-0.15, -0.1) is 0 Å². The van der Waals surface area contributed by atoms with E-state index in [4.69, 9.17) is 18.1 Å². The van der Waals surface area contributed by atoms with Gasteiger partial charge in [0.2, 0.25) is 0 Å². The van der Waals surface area contributed by atoms with Gasteiger partial charge >= 0.3 is 0 Å². The zero-order valence-corrected chi connectivity index (χ0v) is 9.91. The van der Waals surface area contributed by atoms with Crippen molar-refractivity contribution in [2.45, 2.75) is 0 Å². The zero-order valence-electron chi connectivity index (χ0n) is 19.9. The fourth-order valence-electron chi connectivity index (χ4n) is 2.39. The molecule has 0 radical (unpaired) electrons. The Morgan fingerprint density at radius 3 is 2.45 bits per heavy atom. The summed E-state index contributed by atoms with van der Waals surface area (Å²) in [5.74, 6) is 0. The molecule has 2 heteroatoms. The van der Waals surface area contributed by atoms with Gasteiger partial charge < -0.3 is 9.40 Å². The molecule has 3 aromatic carbocycles. The number of benzene rings is 3. The van der Waals surface area contributed by atoms with Crippen molar-refractivity contribution >= 4 is 43.7 Å². The first-order valence-electron chi connectivity index (χ1n) is 10.9. The van der Waals surface area contributed by atoms with Crippen molar-refractivity contribution in [1.29, 1.82) is 0 Å². The molecule has 0 saturated heterocycles. The first-order valence-corrected chi connectivity index (χ1v) is 5.91. The molecule has 0 aliphatic carbocycles. The Morgan fingerprint density at radius 1 is 0.700 bits per heavy atom. The van der Waals surface area contributed by atoms with Gasteiger partial charge in [-0.3, -0.25) is 0 Å². The number of nitrogens with one attached hydrogen (secondary N) is 1. The molecule has 94 valence electrons. The molecule has 2 nitrogen and oxygen atoms in total. The minimum absolute atomic E-state index is 0.0189. The van der Waals surface area contributed by atoms with Crippen LogP contribution in [-0.4, -0.2) is 4.98 Å². The van der Waals surface area contributed by atoms with E-state index in [1.165, 1.54) is 0 Å². The Balaban J connectivity index is 2.14. The highest BCUT2D eigenvalue weighted by Gasteiger charge is 2.10. The van der Waals surface area contributed by atoms with E-state index >= 15 is 0 Å². The summed E-state index contributed by atoms with van der Waals surface area (Å²) in [5, 5.41) is 0.131. The molecule has 0 aliphatic rings. The lowest BCUT2D eigenvalue weighted by Gasteiger charge is -1.92. The first-order chi connectivity index (χ1) is 14.1. The van der Waals surface area contributed by atoms with E-state index in [1.807, 2.05) is 0 Å². The van der Waals surface area contributed by atoms with Crippen LogP contribution in [0, 0.1) is 0 Å². The second-order valence-electron chi connectivity index (χ2n) is 4.39. The summed E-state index contributed by atoms with van der Waals surface area (Å²) in [6, 6.07) is -3.87. The third-order valence-electron chi connectivity index (χ3n) is 3.26. The van der Waals surface area contributed by atoms with E-state index in [2.05, 4.69) is 4.98 Å². The largest absolute Gasteiger partial charge is 0.456 e. The van der Waals surface area contributed by atoms with Crippen molar-refractivity contribution in [3.8, 4) is 0 Å². The van der Waals surface area contributed by atoms with Crippen LogP contribution in [0.5, 0.6) is 0 Å². The molecule has 2 aromatic heterocycles. The number of hydrogen-bond acceptors (Lipinski definition) is 1. The molecule has 0 fully saturated rings. The van der Waals surface area contributed by atoms with E-state index in [-0.39, 0.29) is 67.9 Å². The van der Waals surface area contributed by atoms with E-state index < -0.39 is 36.3 Å². The number of H-pyrrole nitrogens is 1. The number of fused-ring (bicyclic) bond motifs is 6. The van der Waals surface area contributed by atoms with Crippen molar-refractivity contribution < 1.29 is 18.1 Å². The van der Waals surface area contributed by atoms with Gasteiger partial charge in [0.1, 0.15) is 11.2 Å². The van der Waals surface area contributed by atoms with Crippen LogP contribution < -0.4 is 0 Å². The maximum absolute atomic E-state index is 8.66. The van der Waals surface area contributed by atoms with Crippen LogP contribution >= 0.6 is 0 Å². The van der Waals surface area contributed by atoms with Crippen LogP contribution in [0.25, 0.3) is 43.7 Å². The summed E-state index contributed by atoms with van der Waals surface area (Å²) in [6.45, 7) is 0. The molecule has 0 aliphatic heterocycles. The highest BCUT2D eigenvalue weighted by Crippen LogP contribution is 2.34. The SMILES string of the molecule is [2H]c1c([2H])c([2H])c2c([nH]c3c([2H])c4c(oc5c([2H])c([2H])c([2H])c([2H])c54)c([2H])c32)c1[2H]. The molecule has 5 aromatic rings. The Bertz CT molecular complexity index is 1480. The Kier molecular flexibility index (Phi) is 0.799. The molecule has 0 saturated carbocycles. The Hall–Kier alpha value is -2.74. The molecule has 0 atom stereocenters. The van der Waals surface area contributed by atoms with E-state index in [0.29, 0.717) is 0 Å². The van der Waals surface area contributed by atoms with E-state index in [0.717, 1.165) is 0 Å². The molecule has 5 rings (SSSR count). The van der Waals surface area contributed by atoms with Crippen LogP contribution in [0.15, 0.2) is 64.8 Å². The second kappa shape index (κ2) is 3.42. The summed E-state index contributed by atoms with van der Waals surface area (Å²) in [7, 11) is 0. The van der Waals surface area contributed by atoms with Crippen molar-refractivity contribution in [3.05, 3.63) is 60.4 Å². The molecule has 1 N–H and O–H groups in total. The third kappa shape index (κ3) is 1.18. The Labute approximate surface area is 128 Å². The summed E-state index contributed by atoms with van der Waals surface area (Å²) in [6.07, 6.45) is 0. The average molecular weight is 267 g/mol. The lowest BCUT2D eigenvalue weighted by molar-refractivity contribution is 0.669.